The average Bonchev–Trinajstić information content (AvgIpc) is 3.41. The van der Waals surface area contributed by atoms with Gasteiger partial charge in [0.1, 0.15) is 16.3 Å². The van der Waals surface area contributed by atoms with Crippen molar-refractivity contribution in [1.82, 2.24) is 19.4 Å². The van der Waals surface area contributed by atoms with E-state index in [0.717, 1.165) is 55.5 Å². The molecule has 0 atom stereocenters. The number of fused-ring (bicyclic) bond motifs is 1. The van der Waals surface area contributed by atoms with Gasteiger partial charge in [0.05, 0.1) is 0 Å². The molecule has 0 unspecified atom stereocenters. The molecule has 10 heteroatoms. The van der Waals surface area contributed by atoms with E-state index < -0.39 is 5.60 Å². The van der Waals surface area contributed by atoms with E-state index in [2.05, 4.69) is 15.2 Å². The van der Waals surface area contributed by atoms with Crippen molar-refractivity contribution >= 4 is 46.1 Å². The Hall–Kier alpha value is -3.33. The fourth-order valence-electron chi connectivity index (χ4n) is 5.22. The number of piperazine rings is 1. The van der Waals surface area contributed by atoms with Crippen LogP contribution in [0.4, 0.5) is 22.1 Å². The van der Waals surface area contributed by atoms with Gasteiger partial charge in [0, 0.05) is 55.2 Å². The Morgan fingerprint density at radius 1 is 1.08 bits per heavy atom. The standard InChI is InChI=1S/C28H35ClN6O3/c1-18-22-17-30-26(32-24(22)35(25(36)23(18)29)21-7-5-6-8-21)31-19-9-11-20(12-10-19)33-13-15-34(16-14-33)27(37)38-28(2,3)4/h9-12,17,21H,5-8,13-16H2,1-4H3,(H,30,31,32). The molecule has 1 amide bonds. The van der Waals surface area contributed by atoms with Crippen molar-refractivity contribution in [2.45, 2.75) is 65.0 Å². The van der Waals surface area contributed by atoms with Gasteiger partial charge >= 0.3 is 6.09 Å². The van der Waals surface area contributed by atoms with Crippen LogP contribution in [0.25, 0.3) is 11.0 Å². The van der Waals surface area contributed by atoms with Gasteiger partial charge in [0.2, 0.25) is 5.95 Å². The van der Waals surface area contributed by atoms with E-state index in [-0.39, 0.29) is 22.7 Å². The number of halogens is 1. The number of hydrogen-bond donors (Lipinski definition) is 1. The van der Waals surface area contributed by atoms with Gasteiger partial charge in [-0.2, -0.15) is 4.98 Å². The third-order valence-electron chi connectivity index (χ3n) is 7.25. The number of carbonyl (C=O) groups excluding carboxylic acids is 1. The molecular formula is C28H35ClN6O3. The van der Waals surface area contributed by atoms with Crippen LogP contribution in [0.1, 0.15) is 58.1 Å². The maximum absolute atomic E-state index is 13.1. The van der Waals surface area contributed by atoms with Crippen LogP contribution in [0.15, 0.2) is 35.3 Å². The molecule has 5 rings (SSSR count). The lowest BCUT2D eigenvalue weighted by molar-refractivity contribution is 0.0240. The molecule has 0 bridgehead atoms. The topological polar surface area (TPSA) is 92.6 Å². The summed E-state index contributed by atoms with van der Waals surface area (Å²) in [6.07, 6.45) is 5.59. The van der Waals surface area contributed by atoms with Crippen molar-refractivity contribution in [3.63, 3.8) is 0 Å². The quantitative estimate of drug-likeness (QED) is 0.457. The van der Waals surface area contributed by atoms with E-state index >= 15 is 0 Å². The van der Waals surface area contributed by atoms with Crippen LogP contribution in [-0.4, -0.2) is 57.3 Å². The Labute approximate surface area is 227 Å². The zero-order valence-corrected chi connectivity index (χ0v) is 23.2. The van der Waals surface area contributed by atoms with Crippen molar-refractivity contribution in [1.29, 1.82) is 0 Å². The van der Waals surface area contributed by atoms with Crippen molar-refractivity contribution in [2.75, 3.05) is 36.4 Å². The molecule has 2 aliphatic rings. The number of anilines is 3. The summed E-state index contributed by atoms with van der Waals surface area (Å²) in [6.45, 7) is 10.2. The lowest BCUT2D eigenvalue weighted by Gasteiger charge is -2.36. The van der Waals surface area contributed by atoms with E-state index in [1.165, 1.54) is 0 Å². The largest absolute Gasteiger partial charge is 0.444 e. The van der Waals surface area contributed by atoms with Crippen molar-refractivity contribution < 1.29 is 9.53 Å². The van der Waals surface area contributed by atoms with Crippen LogP contribution in [-0.2, 0) is 4.74 Å². The van der Waals surface area contributed by atoms with E-state index in [0.29, 0.717) is 30.2 Å². The molecule has 2 aromatic heterocycles. The Balaban J connectivity index is 1.30. The predicted octanol–water partition coefficient (Wildman–Crippen LogP) is 5.67. The highest BCUT2D eigenvalue weighted by Crippen LogP contribution is 2.33. The van der Waals surface area contributed by atoms with Crippen LogP contribution in [0.3, 0.4) is 0 Å². The van der Waals surface area contributed by atoms with Gasteiger partial charge in [0.15, 0.2) is 0 Å². The van der Waals surface area contributed by atoms with Crippen LogP contribution in [0.2, 0.25) is 5.02 Å². The maximum atomic E-state index is 13.1. The molecule has 0 spiro atoms. The van der Waals surface area contributed by atoms with Crippen LogP contribution < -0.4 is 15.8 Å². The molecule has 3 heterocycles. The highest BCUT2D eigenvalue weighted by molar-refractivity contribution is 6.32. The highest BCUT2D eigenvalue weighted by atomic mass is 35.5. The van der Waals surface area contributed by atoms with E-state index in [1.54, 1.807) is 15.7 Å². The number of benzene rings is 1. The monoisotopic (exact) mass is 538 g/mol. The number of nitrogens with zero attached hydrogens (tertiary/aromatic N) is 5. The molecule has 1 saturated carbocycles. The second-order valence-electron chi connectivity index (χ2n) is 11.1. The molecular weight excluding hydrogens is 504 g/mol. The number of aryl methyl sites for hydroxylation is 1. The summed E-state index contributed by atoms with van der Waals surface area (Å²) in [5.41, 5.74) is 2.60. The average molecular weight is 539 g/mol. The first-order valence-electron chi connectivity index (χ1n) is 13.3. The van der Waals surface area contributed by atoms with Gasteiger partial charge in [-0.1, -0.05) is 24.4 Å². The van der Waals surface area contributed by atoms with Crippen LogP contribution in [0.5, 0.6) is 0 Å². The third-order valence-corrected chi connectivity index (χ3v) is 7.69. The molecule has 1 N–H and O–H groups in total. The molecule has 38 heavy (non-hydrogen) atoms. The minimum Gasteiger partial charge on any atom is -0.444 e. The number of hydrogen-bond acceptors (Lipinski definition) is 7. The minimum atomic E-state index is -0.494. The molecule has 9 nitrogen and oxygen atoms in total. The first-order chi connectivity index (χ1) is 18.1. The lowest BCUT2D eigenvalue weighted by Crippen LogP contribution is -2.50. The van der Waals surface area contributed by atoms with Gasteiger partial charge in [-0.05, 0) is 70.4 Å². The SMILES string of the molecule is Cc1c(Cl)c(=O)n(C2CCCC2)c2nc(Nc3ccc(N4CCN(C(=O)OC(C)(C)C)CC4)cc3)ncc12. The fraction of sp³-hybridized carbons (Fsp3) is 0.500. The normalized spacial score (nSPS) is 16.8. The Kier molecular flexibility index (Phi) is 7.22. The first-order valence-corrected chi connectivity index (χ1v) is 13.7. The summed E-state index contributed by atoms with van der Waals surface area (Å²) in [7, 11) is 0. The second-order valence-corrected chi connectivity index (χ2v) is 11.5. The Morgan fingerprint density at radius 3 is 2.37 bits per heavy atom. The summed E-state index contributed by atoms with van der Waals surface area (Å²) in [6, 6.07) is 8.18. The van der Waals surface area contributed by atoms with Gasteiger partial charge in [-0.25, -0.2) is 9.78 Å². The summed E-state index contributed by atoms with van der Waals surface area (Å²) in [4.78, 5) is 38.7. The lowest BCUT2D eigenvalue weighted by atomic mass is 10.1. The third kappa shape index (κ3) is 5.43. The number of carbonyl (C=O) groups is 1. The molecule has 1 saturated heterocycles. The molecule has 1 aliphatic carbocycles. The first kappa shape index (κ1) is 26.3. The molecule has 1 aromatic carbocycles. The van der Waals surface area contributed by atoms with Crippen LogP contribution in [0, 0.1) is 6.92 Å². The van der Waals surface area contributed by atoms with E-state index in [9.17, 15) is 9.59 Å². The van der Waals surface area contributed by atoms with Crippen LogP contribution >= 0.6 is 11.6 Å². The summed E-state index contributed by atoms with van der Waals surface area (Å²) >= 11 is 6.40. The fourth-order valence-corrected chi connectivity index (χ4v) is 5.41. The number of rotatable bonds is 4. The number of aromatic nitrogens is 3. The van der Waals surface area contributed by atoms with Gasteiger partial charge in [0.25, 0.3) is 5.56 Å². The summed E-state index contributed by atoms with van der Waals surface area (Å²) < 4.78 is 7.26. The van der Waals surface area contributed by atoms with Gasteiger partial charge in [-0.3, -0.25) is 9.36 Å². The maximum Gasteiger partial charge on any atom is 0.410 e. The number of ether oxygens (including phenoxy) is 1. The van der Waals surface area contributed by atoms with Crippen molar-refractivity contribution in [2.24, 2.45) is 0 Å². The Morgan fingerprint density at radius 2 is 1.74 bits per heavy atom. The van der Waals surface area contributed by atoms with Crippen molar-refractivity contribution in [3.8, 4) is 0 Å². The molecule has 202 valence electrons. The van der Waals surface area contributed by atoms with Crippen molar-refractivity contribution in [3.05, 3.63) is 51.4 Å². The zero-order valence-electron chi connectivity index (χ0n) is 22.5. The second kappa shape index (κ2) is 10.4. The molecule has 3 aromatic rings. The van der Waals surface area contributed by atoms with E-state index in [1.807, 2.05) is 52.0 Å². The summed E-state index contributed by atoms with van der Waals surface area (Å²) in [5.74, 6) is 0.434. The molecule has 2 fully saturated rings. The number of pyridine rings is 1. The van der Waals surface area contributed by atoms with Gasteiger partial charge in [-0.15, -0.1) is 0 Å². The molecule has 1 aliphatic heterocycles. The van der Waals surface area contributed by atoms with E-state index in [4.69, 9.17) is 21.3 Å². The number of amides is 1. The predicted molar refractivity (Wildman–Crippen MR) is 151 cm³/mol. The number of nitrogens with one attached hydrogen (secondary N) is 1. The minimum absolute atomic E-state index is 0.112. The highest BCUT2D eigenvalue weighted by Gasteiger charge is 2.26. The Bertz CT molecular complexity index is 1380. The zero-order chi connectivity index (χ0) is 27.0. The smallest absolute Gasteiger partial charge is 0.410 e. The van der Waals surface area contributed by atoms with Gasteiger partial charge < -0.3 is 19.9 Å². The summed E-state index contributed by atoms with van der Waals surface area (Å²) in [5, 5.41) is 4.33. The molecule has 0 radical (unpaired) electrons.